The summed E-state index contributed by atoms with van der Waals surface area (Å²) in [6.07, 6.45) is 7.19. The van der Waals surface area contributed by atoms with Gasteiger partial charge in [0, 0.05) is 56.7 Å². The number of benzene rings is 1. The van der Waals surface area contributed by atoms with E-state index in [4.69, 9.17) is 9.72 Å². The predicted octanol–water partition coefficient (Wildman–Crippen LogP) is 2.73. The van der Waals surface area contributed by atoms with Crippen LogP contribution in [0.2, 0.25) is 0 Å². The Balaban J connectivity index is 1.39. The minimum atomic E-state index is 0.0974. The summed E-state index contributed by atoms with van der Waals surface area (Å²) in [6.45, 7) is 2.42. The number of aromatic nitrogens is 2. The molecule has 1 saturated carbocycles. The summed E-state index contributed by atoms with van der Waals surface area (Å²) in [5.74, 6) is 0.775. The van der Waals surface area contributed by atoms with Gasteiger partial charge in [0.25, 0.3) is 5.91 Å². The number of nitrogens with zero attached hydrogens (tertiary/aromatic N) is 3. The molecule has 1 fully saturated rings. The first-order valence-corrected chi connectivity index (χ1v) is 10.8. The number of rotatable bonds is 7. The largest absolute Gasteiger partial charge is 0.383 e. The second-order valence-corrected chi connectivity index (χ2v) is 8.25. The van der Waals surface area contributed by atoms with E-state index in [2.05, 4.69) is 21.7 Å². The third-order valence-electron chi connectivity index (χ3n) is 6.15. The fourth-order valence-corrected chi connectivity index (χ4v) is 4.34. The molecule has 1 aliphatic heterocycles. The highest BCUT2D eigenvalue weighted by atomic mass is 16.5. The number of hydrogen-bond acceptors (Lipinski definition) is 6. The minimum Gasteiger partial charge on any atom is -0.383 e. The van der Waals surface area contributed by atoms with E-state index >= 15 is 0 Å². The zero-order chi connectivity index (χ0) is 20.9. The predicted molar refractivity (Wildman–Crippen MR) is 118 cm³/mol. The monoisotopic (exact) mass is 409 g/mol. The van der Waals surface area contributed by atoms with Crippen LogP contribution in [0.4, 0.5) is 5.95 Å². The van der Waals surface area contributed by atoms with E-state index in [1.165, 1.54) is 0 Å². The number of fused-ring (bicyclic) bond motifs is 1. The van der Waals surface area contributed by atoms with Crippen LogP contribution < -0.4 is 10.6 Å². The number of hydrogen-bond donors (Lipinski definition) is 2. The molecule has 1 aromatic carbocycles. The Kier molecular flexibility index (Phi) is 6.59. The molecule has 0 saturated heterocycles. The maximum atomic E-state index is 12.3. The molecule has 1 aromatic heterocycles. The van der Waals surface area contributed by atoms with Crippen LogP contribution in [-0.2, 0) is 11.2 Å². The first kappa shape index (κ1) is 20.8. The third-order valence-corrected chi connectivity index (χ3v) is 6.15. The van der Waals surface area contributed by atoms with Crippen molar-refractivity contribution in [1.29, 1.82) is 0 Å². The second-order valence-electron chi connectivity index (χ2n) is 8.25. The van der Waals surface area contributed by atoms with Gasteiger partial charge in [-0.1, -0.05) is 6.07 Å². The molecular weight excluding hydrogens is 378 g/mol. The van der Waals surface area contributed by atoms with E-state index in [1.807, 2.05) is 25.2 Å². The Morgan fingerprint density at radius 2 is 1.97 bits per heavy atom. The summed E-state index contributed by atoms with van der Waals surface area (Å²) >= 11 is 0. The zero-order valence-corrected chi connectivity index (χ0v) is 17.9. The van der Waals surface area contributed by atoms with Crippen molar-refractivity contribution in [2.45, 2.75) is 44.2 Å². The smallest absolute Gasteiger partial charge is 0.253 e. The van der Waals surface area contributed by atoms with Gasteiger partial charge in [0.05, 0.1) is 12.3 Å². The standard InChI is InChI=1S/C23H31N5O2/c1-28-13-10-16-15-17(3-8-20(16)22(28)29)21-9-11-25-23(27-21)26-19-6-4-18(5-7-19)24-12-14-30-2/h3,8-9,11,15,18-19,24H,4-7,10,12-14H2,1-2H3,(H,25,26,27)/t18-,19-. The number of likely N-dealkylation sites (N-methyl/N-ethyl adjacent to an activating group) is 1. The number of ether oxygens (including phenoxy) is 1. The molecule has 0 bridgehead atoms. The molecule has 0 radical (unpaired) electrons. The number of anilines is 1. The maximum absolute atomic E-state index is 12.3. The van der Waals surface area contributed by atoms with Gasteiger partial charge in [0.2, 0.25) is 5.95 Å². The van der Waals surface area contributed by atoms with E-state index < -0.39 is 0 Å². The van der Waals surface area contributed by atoms with Crippen LogP contribution in [0.15, 0.2) is 30.5 Å². The Labute approximate surface area is 178 Å². The van der Waals surface area contributed by atoms with Crippen LogP contribution in [0.5, 0.6) is 0 Å². The quantitative estimate of drug-likeness (QED) is 0.685. The SMILES string of the molecule is COCCN[C@H]1CC[C@H](Nc2nccc(-c3ccc4c(c3)CCN(C)C4=O)n2)CC1. The number of amides is 1. The molecule has 2 aliphatic rings. The molecule has 1 amide bonds. The van der Waals surface area contributed by atoms with Gasteiger partial charge in [-0.15, -0.1) is 0 Å². The lowest BCUT2D eigenvalue weighted by molar-refractivity contribution is 0.0781. The lowest BCUT2D eigenvalue weighted by atomic mass is 9.91. The number of methoxy groups -OCH3 is 1. The van der Waals surface area contributed by atoms with Crippen molar-refractivity contribution in [2.24, 2.45) is 0 Å². The van der Waals surface area contributed by atoms with Crippen LogP contribution in [0, 0.1) is 0 Å². The van der Waals surface area contributed by atoms with Crippen molar-refractivity contribution in [3.8, 4) is 11.3 Å². The third kappa shape index (κ3) is 4.79. The van der Waals surface area contributed by atoms with Crippen molar-refractivity contribution in [3.63, 3.8) is 0 Å². The van der Waals surface area contributed by atoms with Gasteiger partial charge in [0.15, 0.2) is 0 Å². The summed E-state index contributed by atoms with van der Waals surface area (Å²) in [5.41, 5.74) is 3.82. The molecule has 7 nitrogen and oxygen atoms in total. The van der Waals surface area contributed by atoms with Gasteiger partial charge in [-0.05, 0) is 55.9 Å². The van der Waals surface area contributed by atoms with Crippen molar-refractivity contribution >= 4 is 11.9 Å². The minimum absolute atomic E-state index is 0.0974. The molecule has 0 atom stereocenters. The van der Waals surface area contributed by atoms with Gasteiger partial charge in [0.1, 0.15) is 0 Å². The fraction of sp³-hybridized carbons (Fsp3) is 0.522. The number of carbonyl (C=O) groups excluding carboxylic acids is 1. The molecule has 2 N–H and O–H groups in total. The van der Waals surface area contributed by atoms with Crippen LogP contribution in [0.1, 0.15) is 41.6 Å². The van der Waals surface area contributed by atoms with E-state index in [0.717, 1.165) is 74.2 Å². The van der Waals surface area contributed by atoms with Gasteiger partial charge in [-0.25, -0.2) is 9.97 Å². The van der Waals surface area contributed by atoms with Gasteiger partial charge in [-0.2, -0.15) is 0 Å². The Bertz CT molecular complexity index is 880. The summed E-state index contributed by atoms with van der Waals surface area (Å²) in [6, 6.07) is 8.91. The molecule has 0 unspecified atom stereocenters. The van der Waals surface area contributed by atoms with Crippen LogP contribution >= 0.6 is 0 Å². The molecule has 2 heterocycles. The van der Waals surface area contributed by atoms with Crippen molar-refractivity contribution < 1.29 is 9.53 Å². The molecule has 0 spiro atoms. The van der Waals surface area contributed by atoms with Gasteiger partial charge >= 0.3 is 0 Å². The average molecular weight is 410 g/mol. The Morgan fingerprint density at radius 3 is 2.77 bits per heavy atom. The van der Waals surface area contributed by atoms with Crippen LogP contribution in [-0.4, -0.2) is 66.7 Å². The number of carbonyl (C=O) groups is 1. The summed E-state index contributed by atoms with van der Waals surface area (Å²) < 4.78 is 5.11. The highest BCUT2D eigenvalue weighted by Crippen LogP contribution is 2.26. The highest BCUT2D eigenvalue weighted by molar-refractivity contribution is 5.97. The normalized spacial score (nSPS) is 21.4. The lowest BCUT2D eigenvalue weighted by Gasteiger charge is -2.29. The zero-order valence-electron chi connectivity index (χ0n) is 17.9. The van der Waals surface area contributed by atoms with Gasteiger partial charge in [-0.3, -0.25) is 4.79 Å². The highest BCUT2D eigenvalue weighted by Gasteiger charge is 2.23. The van der Waals surface area contributed by atoms with Crippen LogP contribution in [0.3, 0.4) is 0 Å². The van der Waals surface area contributed by atoms with E-state index in [0.29, 0.717) is 18.0 Å². The fourth-order valence-electron chi connectivity index (χ4n) is 4.34. The topological polar surface area (TPSA) is 79.4 Å². The molecule has 1 aliphatic carbocycles. The van der Waals surface area contributed by atoms with E-state index in [-0.39, 0.29) is 5.91 Å². The van der Waals surface area contributed by atoms with E-state index in [9.17, 15) is 4.79 Å². The molecule has 7 heteroatoms. The summed E-state index contributed by atoms with van der Waals surface area (Å²) in [4.78, 5) is 23.3. The molecule has 30 heavy (non-hydrogen) atoms. The summed E-state index contributed by atoms with van der Waals surface area (Å²) in [5, 5.41) is 7.08. The lowest BCUT2D eigenvalue weighted by Crippen LogP contribution is -2.38. The molecular formula is C23H31N5O2. The van der Waals surface area contributed by atoms with Crippen molar-refractivity contribution in [1.82, 2.24) is 20.2 Å². The Hall–Kier alpha value is -2.51. The molecule has 4 rings (SSSR count). The first-order chi connectivity index (χ1) is 14.6. The van der Waals surface area contributed by atoms with Gasteiger partial charge < -0.3 is 20.3 Å². The molecule has 160 valence electrons. The number of nitrogens with one attached hydrogen (secondary N) is 2. The van der Waals surface area contributed by atoms with Crippen LogP contribution in [0.25, 0.3) is 11.3 Å². The second kappa shape index (κ2) is 9.53. The van der Waals surface area contributed by atoms with E-state index in [1.54, 1.807) is 18.2 Å². The maximum Gasteiger partial charge on any atom is 0.253 e. The molecule has 2 aromatic rings. The average Bonchev–Trinajstić information content (AvgIpc) is 2.78. The Morgan fingerprint density at radius 1 is 1.17 bits per heavy atom. The summed E-state index contributed by atoms with van der Waals surface area (Å²) in [7, 11) is 3.59. The van der Waals surface area contributed by atoms with Crippen molar-refractivity contribution in [3.05, 3.63) is 41.6 Å². The first-order valence-electron chi connectivity index (χ1n) is 10.8. The van der Waals surface area contributed by atoms with Crippen molar-refractivity contribution in [2.75, 3.05) is 39.2 Å².